The lowest BCUT2D eigenvalue weighted by Crippen LogP contribution is -2.25. The molecule has 6 rings (SSSR count). The molecular formula is C29H24N6O4S. The van der Waals surface area contributed by atoms with Crippen LogP contribution >= 0.6 is 11.3 Å². The maximum absolute atomic E-state index is 13.5. The number of aromatic nitrogens is 3. The van der Waals surface area contributed by atoms with E-state index < -0.39 is 0 Å². The van der Waals surface area contributed by atoms with Gasteiger partial charge in [-0.05, 0) is 67.1 Å². The van der Waals surface area contributed by atoms with Gasteiger partial charge in [0.15, 0.2) is 12.3 Å². The van der Waals surface area contributed by atoms with Gasteiger partial charge in [-0.1, -0.05) is 18.2 Å². The normalized spacial score (nSPS) is 13.3. The third-order valence-corrected chi connectivity index (χ3v) is 7.36. The quantitative estimate of drug-likeness (QED) is 0.319. The minimum Gasteiger partial charge on any atom is -0.508 e. The molecule has 3 heterocycles. The van der Waals surface area contributed by atoms with Crippen LogP contribution < -0.4 is 20.4 Å². The molecule has 0 atom stereocenters. The number of rotatable bonds is 5. The van der Waals surface area contributed by atoms with E-state index in [2.05, 4.69) is 5.32 Å². The highest BCUT2D eigenvalue weighted by atomic mass is 32.1. The van der Waals surface area contributed by atoms with Crippen molar-refractivity contribution in [3.8, 4) is 28.4 Å². The molecule has 1 aliphatic rings. The minimum atomic E-state index is -0.246. The third-order valence-electron chi connectivity index (χ3n) is 6.54. The summed E-state index contributed by atoms with van der Waals surface area (Å²) in [4.78, 5) is 30.7. The third kappa shape index (κ3) is 4.63. The number of anilines is 1. The zero-order valence-electron chi connectivity index (χ0n) is 21.6. The number of nitrogens with zero attached hydrogens (tertiary/aromatic N) is 5. The first kappa shape index (κ1) is 25.1. The molecule has 1 amide bonds. The highest BCUT2D eigenvalue weighted by molar-refractivity contribution is 7.07. The lowest BCUT2D eigenvalue weighted by Gasteiger charge is -2.18. The van der Waals surface area contributed by atoms with Crippen LogP contribution in [0.5, 0.6) is 11.5 Å². The van der Waals surface area contributed by atoms with Gasteiger partial charge in [-0.3, -0.25) is 14.3 Å². The molecule has 10 nitrogen and oxygen atoms in total. The summed E-state index contributed by atoms with van der Waals surface area (Å²) in [5.41, 5.74) is 4.31. The maximum Gasteiger partial charge on any atom is 0.297 e. The fourth-order valence-corrected chi connectivity index (χ4v) is 5.24. The molecule has 2 N–H and O–H groups in total. The fraction of sp³-hybridized carbons (Fsp3) is 0.103. The number of fused-ring (bicyclic) bond motifs is 1. The Bertz CT molecular complexity index is 1900. The number of nitrogens with one attached hydrogen (secondary N) is 1. The Morgan fingerprint density at radius 1 is 1.05 bits per heavy atom. The average molecular weight is 553 g/mol. The molecule has 11 heteroatoms. The van der Waals surface area contributed by atoms with Crippen molar-refractivity contribution in [2.45, 2.75) is 6.92 Å². The number of phenols is 1. The van der Waals surface area contributed by atoms with Gasteiger partial charge in [-0.15, -0.1) is 11.3 Å². The Kier molecular flexibility index (Phi) is 6.40. The monoisotopic (exact) mass is 552 g/mol. The Hall–Kier alpha value is -5.16. The minimum absolute atomic E-state index is 0.0261. The van der Waals surface area contributed by atoms with Crippen molar-refractivity contribution in [1.82, 2.24) is 14.0 Å². The number of carbonyl (C=O) groups excluding carboxylic acids is 1. The summed E-state index contributed by atoms with van der Waals surface area (Å²) in [6.45, 7) is 1.83. The summed E-state index contributed by atoms with van der Waals surface area (Å²) in [5.74, 6) is 0.520. The van der Waals surface area contributed by atoms with Crippen molar-refractivity contribution in [3.05, 3.63) is 105 Å². The zero-order chi connectivity index (χ0) is 27.8. The van der Waals surface area contributed by atoms with Gasteiger partial charge in [0.1, 0.15) is 11.5 Å². The van der Waals surface area contributed by atoms with Crippen molar-refractivity contribution in [3.63, 3.8) is 0 Å². The molecule has 1 aliphatic heterocycles. The number of thiazole rings is 1. The van der Waals surface area contributed by atoms with Gasteiger partial charge in [0.2, 0.25) is 4.80 Å². The molecule has 0 radical (unpaired) electrons. The Morgan fingerprint density at radius 2 is 1.82 bits per heavy atom. The largest absolute Gasteiger partial charge is 0.508 e. The first-order valence-electron chi connectivity index (χ1n) is 12.4. The summed E-state index contributed by atoms with van der Waals surface area (Å²) in [6.07, 6.45) is 1.65. The summed E-state index contributed by atoms with van der Waals surface area (Å²) < 4.78 is 10.5. The van der Waals surface area contributed by atoms with Crippen molar-refractivity contribution in [2.24, 2.45) is 17.1 Å². The second kappa shape index (κ2) is 10.2. The Labute approximate surface area is 232 Å². The maximum atomic E-state index is 13.5. The Balaban J connectivity index is 1.51. The second-order valence-corrected chi connectivity index (χ2v) is 9.96. The van der Waals surface area contributed by atoms with E-state index in [1.54, 1.807) is 50.6 Å². The summed E-state index contributed by atoms with van der Waals surface area (Å²) in [7, 11) is 1.82. The van der Waals surface area contributed by atoms with Crippen molar-refractivity contribution in [2.75, 3.05) is 11.9 Å². The predicted octanol–water partition coefficient (Wildman–Crippen LogP) is 4.17. The molecule has 0 aliphatic carbocycles. The molecule has 200 valence electrons. The van der Waals surface area contributed by atoms with Gasteiger partial charge in [0, 0.05) is 18.0 Å². The number of benzene rings is 3. The standard InChI is InChI=1S/C29H24N6O4S/c1-18-27(28(38)35(33(18)2)21-6-4-3-5-7-21)32-29-34(30-15-19-8-11-22(36)12-9-19)24(17-40-29)20-10-13-25-23(14-20)31-26(37)16-39-25/h3-15,17,36H,16H2,1-2H3,(H,31,37). The number of ether oxygens (including phenoxy) is 1. The average Bonchev–Trinajstić information content (AvgIpc) is 3.46. The molecule has 0 bridgehead atoms. The highest BCUT2D eigenvalue weighted by Crippen LogP contribution is 2.33. The number of carbonyl (C=O) groups is 1. The van der Waals surface area contributed by atoms with E-state index in [1.165, 1.54) is 11.3 Å². The molecule has 0 unspecified atom stereocenters. The second-order valence-electron chi connectivity index (χ2n) is 9.12. The number of amides is 1. The molecule has 0 fully saturated rings. The first-order valence-corrected chi connectivity index (χ1v) is 13.3. The number of para-hydroxylation sites is 1. The van der Waals surface area contributed by atoms with E-state index in [0.29, 0.717) is 33.3 Å². The molecule has 2 aromatic heterocycles. The molecule has 40 heavy (non-hydrogen) atoms. The molecule has 5 aromatic rings. The van der Waals surface area contributed by atoms with Crippen LogP contribution in [0.2, 0.25) is 0 Å². The van der Waals surface area contributed by atoms with Crippen molar-refractivity contribution >= 4 is 34.8 Å². The van der Waals surface area contributed by atoms with Crippen LogP contribution in [-0.4, -0.2) is 37.9 Å². The summed E-state index contributed by atoms with van der Waals surface area (Å²) in [5, 5.41) is 19.1. The van der Waals surface area contributed by atoms with Crippen LogP contribution in [0.15, 0.2) is 93.1 Å². The topological polar surface area (TPSA) is 115 Å². The lowest BCUT2D eigenvalue weighted by atomic mass is 10.1. The van der Waals surface area contributed by atoms with Crippen molar-refractivity contribution < 1.29 is 14.6 Å². The van der Waals surface area contributed by atoms with Crippen LogP contribution in [0.1, 0.15) is 11.3 Å². The van der Waals surface area contributed by atoms with Crippen LogP contribution in [0.3, 0.4) is 0 Å². The predicted molar refractivity (Wildman–Crippen MR) is 154 cm³/mol. The van der Waals surface area contributed by atoms with Gasteiger partial charge in [0.05, 0.1) is 29.0 Å². The molecule has 3 aromatic carbocycles. The summed E-state index contributed by atoms with van der Waals surface area (Å²) in [6, 6.07) is 21.5. The van der Waals surface area contributed by atoms with E-state index in [1.807, 2.05) is 61.8 Å². The lowest BCUT2D eigenvalue weighted by molar-refractivity contribution is -0.118. The molecule has 0 saturated heterocycles. The van der Waals surface area contributed by atoms with Crippen LogP contribution in [-0.2, 0) is 11.8 Å². The molecular weight excluding hydrogens is 528 g/mol. The van der Waals surface area contributed by atoms with Gasteiger partial charge >= 0.3 is 0 Å². The highest BCUT2D eigenvalue weighted by Gasteiger charge is 2.19. The smallest absolute Gasteiger partial charge is 0.297 e. The van der Waals surface area contributed by atoms with Crippen LogP contribution in [0.25, 0.3) is 16.9 Å². The number of hydrogen-bond acceptors (Lipinski definition) is 7. The van der Waals surface area contributed by atoms with Crippen molar-refractivity contribution in [1.29, 1.82) is 0 Å². The number of aromatic hydroxyl groups is 1. The van der Waals surface area contributed by atoms with E-state index in [9.17, 15) is 14.7 Å². The zero-order valence-corrected chi connectivity index (χ0v) is 22.4. The van der Waals surface area contributed by atoms with E-state index in [-0.39, 0.29) is 23.8 Å². The van der Waals surface area contributed by atoms with Gasteiger partial charge in [-0.25, -0.2) is 14.4 Å². The fourth-order valence-electron chi connectivity index (χ4n) is 4.39. The van der Waals surface area contributed by atoms with E-state index >= 15 is 0 Å². The number of phenolic OH excluding ortho intramolecular Hbond substituents is 1. The van der Waals surface area contributed by atoms with Gasteiger partial charge in [0.25, 0.3) is 11.5 Å². The number of hydrogen-bond donors (Lipinski definition) is 2. The molecule has 0 saturated carbocycles. The van der Waals surface area contributed by atoms with Crippen LogP contribution in [0.4, 0.5) is 11.4 Å². The first-order chi connectivity index (χ1) is 19.4. The van der Waals surface area contributed by atoms with Gasteiger partial charge < -0.3 is 15.2 Å². The van der Waals surface area contributed by atoms with E-state index in [4.69, 9.17) is 14.8 Å². The SMILES string of the molecule is Cc1c(N=c2scc(-c3ccc4c(c3)NC(=O)CO4)n2N=Cc2ccc(O)cc2)c(=O)n(-c2ccccc2)n1C. The van der Waals surface area contributed by atoms with Crippen LogP contribution in [0, 0.1) is 6.92 Å². The Morgan fingerprint density at radius 3 is 2.60 bits per heavy atom. The molecule has 0 spiro atoms. The van der Waals surface area contributed by atoms with Gasteiger partial charge in [-0.2, -0.15) is 5.10 Å². The summed E-state index contributed by atoms with van der Waals surface area (Å²) >= 11 is 1.34. The van der Waals surface area contributed by atoms with E-state index in [0.717, 1.165) is 16.8 Å².